The molecule has 2 rings (SSSR count). The third kappa shape index (κ3) is 3.90. The Morgan fingerprint density at radius 1 is 1.24 bits per heavy atom. The molecule has 2 aromatic rings. The van der Waals surface area contributed by atoms with E-state index in [0.29, 0.717) is 28.8 Å². The molecular weight excluding hydrogens is 309 g/mol. The lowest BCUT2D eigenvalue weighted by atomic mass is 10.1. The van der Waals surface area contributed by atoms with E-state index >= 15 is 0 Å². The molecule has 0 heterocycles. The van der Waals surface area contributed by atoms with Crippen LogP contribution >= 0.6 is 23.2 Å². The molecule has 0 unspecified atom stereocenters. The van der Waals surface area contributed by atoms with E-state index < -0.39 is 0 Å². The number of halogens is 2. The number of alkyl halides is 1. The molecule has 0 bridgehead atoms. The number of hydrogen-bond donors (Lipinski definition) is 1. The minimum Gasteiger partial charge on any atom is -0.496 e. The highest BCUT2D eigenvalue weighted by Gasteiger charge is 2.11. The van der Waals surface area contributed by atoms with Gasteiger partial charge >= 0.3 is 0 Å². The van der Waals surface area contributed by atoms with Crippen molar-refractivity contribution in [2.24, 2.45) is 0 Å². The Kier molecular flexibility index (Phi) is 5.48. The molecule has 110 valence electrons. The molecule has 0 fully saturated rings. The Bertz CT molecular complexity index is 644. The Hall–Kier alpha value is -1.71. The first-order valence-corrected chi connectivity index (χ1v) is 7.31. The predicted octanol–water partition coefficient (Wildman–Crippen LogP) is 4.02. The molecule has 2 aromatic carbocycles. The third-order valence-corrected chi connectivity index (χ3v) is 3.73. The van der Waals surface area contributed by atoms with Gasteiger partial charge in [-0.3, -0.25) is 4.79 Å². The molecule has 0 aliphatic carbocycles. The zero-order valence-corrected chi connectivity index (χ0v) is 13.0. The maximum absolute atomic E-state index is 12.2. The highest BCUT2D eigenvalue weighted by molar-refractivity contribution is 6.31. The van der Waals surface area contributed by atoms with Crippen LogP contribution in [0.15, 0.2) is 42.5 Å². The van der Waals surface area contributed by atoms with Gasteiger partial charge in [0, 0.05) is 28.6 Å². The summed E-state index contributed by atoms with van der Waals surface area (Å²) in [6, 6.07) is 12.6. The summed E-state index contributed by atoms with van der Waals surface area (Å²) in [5.41, 5.74) is 2.22. The Balaban J connectivity index is 2.11. The summed E-state index contributed by atoms with van der Waals surface area (Å²) in [5, 5.41) is 3.40. The standard InChI is InChI=1S/C16H15Cl2NO2/c1-21-15-7-3-6-14(18)13(15)10-19-16(20)12-5-2-4-11(8-12)9-17/h2-8H,9-10H2,1H3,(H,19,20). The fraction of sp³-hybridized carbons (Fsp3) is 0.188. The van der Waals surface area contributed by atoms with Crippen LogP contribution in [0.25, 0.3) is 0 Å². The summed E-state index contributed by atoms with van der Waals surface area (Å²) in [4.78, 5) is 12.2. The van der Waals surface area contributed by atoms with Gasteiger partial charge in [0.05, 0.1) is 7.11 Å². The number of carbonyl (C=O) groups excluding carboxylic acids is 1. The van der Waals surface area contributed by atoms with Crippen molar-refractivity contribution in [3.05, 3.63) is 64.2 Å². The first-order valence-electron chi connectivity index (χ1n) is 6.40. The summed E-state index contributed by atoms with van der Waals surface area (Å²) in [6.45, 7) is 0.298. The van der Waals surface area contributed by atoms with Gasteiger partial charge in [0.1, 0.15) is 5.75 Å². The highest BCUT2D eigenvalue weighted by Crippen LogP contribution is 2.25. The normalized spacial score (nSPS) is 10.2. The van der Waals surface area contributed by atoms with E-state index in [1.165, 1.54) is 0 Å². The second-order valence-corrected chi connectivity index (χ2v) is 5.11. The molecule has 1 amide bonds. The zero-order chi connectivity index (χ0) is 15.2. The lowest BCUT2D eigenvalue weighted by Crippen LogP contribution is -2.23. The minimum absolute atomic E-state index is 0.177. The molecule has 1 N–H and O–H groups in total. The average molecular weight is 324 g/mol. The Morgan fingerprint density at radius 3 is 2.71 bits per heavy atom. The predicted molar refractivity (Wildman–Crippen MR) is 85.2 cm³/mol. The maximum atomic E-state index is 12.2. The topological polar surface area (TPSA) is 38.3 Å². The molecule has 21 heavy (non-hydrogen) atoms. The fourth-order valence-electron chi connectivity index (χ4n) is 1.97. The monoisotopic (exact) mass is 323 g/mol. The van der Waals surface area contributed by atoms with Crippen LogP contribution in [0.5, 0.6) is 5.75 Å². The van der Waals surface area contributed by atoms with Crippen molar-refractivity contribution in [1.82, 2.24) is 5.32 Å². The van der Waals surface area contributed by atoms with Crippen molar-refractivity contribution in [2.45, 2.75) is 12.4 Å². The molecule has 0 saturated carbocycles. The largest absolute Gasteiger partial charge is 0.496 e. The number of ether oxygens (including phenoxy) is 1. The van der Waals surface area contributed by atoms with E-state index in [2.05, 4.69) is 5.32 Å². The van der Waals surface area contributed by atoms with Crippen LogP contribution in [0.4, 0.5) is 0 Å². The van der Waals surface area contributed by atoms with Crippen LogP contribution in [-0.4, -0.2) is 13.0 Å². The van der Waals surface area contributed by atoms with Crippen LogP contribution in [0.1, 0.15) is 21.5 Å². The molecule has 0 saturated heterocycles. The van der Waals surface area contributed by atoms with Crippen molar-refractivity contribution in [3.63, 3.8) is 0 Å². The van der Waals surface area contributed by atoms with E-state index in [4.69, 9.17) is 27.9 Å². The number of carbonyl (C=O) groups is 1. The van der Waals surface area contributed by atoms with E-state index in [1.54, 1.807) is 31.4 Å². The maximum Gasteiger partial charge on any atom is 0.251 e. The molecule has 0 atom stereocenters. The fourth-order valence-corrected chi connectivity index (χ4v) is 2.37. The second-order valence-electron chi connectivity index (χ2n) is 4.44. The molecule has 0 aliphatic rings. The van der Waals surface area contributed by atoms with Crippen molar-refractivity contribution in [2.75, 3.05) is 7.11 Å². The van der Waals surface area contributed by atoms with Crippen LogP contribution in [-0.2, 0) is 12.4 Å². The van der Waals surface area contributed by atoms with Gasteiger partial charge in [0.25, 0.3) is 5.91 Å². The van der Waals surface area contributed by atoms with Crippen LogP contribution < -0.4 is 10.1 Å². The Morgan fingerprint density at radius 2 is 2.00 bits per heavy atom. The SMILES string of the molecule is COc1cccc(Cl)c1CNC(=O)c1cccc(CCl)c1. The summed E-state index contributed by atoms with van der Waals surface area (Å²) in [5.74, 6) is 0.848. The highest BCUT2D eigenvalue weighted by atomic mass is 35.5. The quantitative estimate of drug-likeness (QED) is 0.844. The number of nitrogens with one attached hydrogen (secondary N) is 1. The summed E-state index contributed by atoms with van der Waals surface area (Å²) in [6.07, 6.45) is 0. The van der Waals surface area contributed by atoms with Gasteiger partial charge < -0.3 is 10.1 Å². The van der Waals surface area contributed by atoms with Crippen molar-refractivity contribution < 1.29 is 9.53 Å². The summed E-state index contributed by atoms with van der Waals surface area (Å²) >= 11 is 11.9. The van der Waals surface area contributed by atoms with Crippen LogP contribution in [0.2, 0.25) is 5.02 Å². The third-order valence-electron chi connectivity index (χ3n) is 3.06. The first kappa shape index (κ1) is 15.7. The lowest BCUT2D eigenvalue weighted by Gasteiger charge is -2.11. The Labute approximate surface area is 133 Å². The number of benzene rings is 2. The molecule has 3 nitrogen and oxygen atoms in total. The minimum atomic E-state index is -0.177. The van der Waals surface area contributed by atoms with Crippen molar-refractivity contribution in [3.8, 4) is 5.75 Å². The van der Waals surface area contributed by atoms with Crippen LogP contribution in [0.3, 0.4) is 0 Å². The molecule has 0 aromatic heterocycles. The van der Waals surface area contributed by atoms with Crippen molar-refractivity contribution >= 4 is 29.1 Å². The van der Waals surface area contributed by atoms with E-state index in [9.17, 15) is 4.79 Å². The summed E-state index contributed by atoms with van der Waals surface area (Å²) < 4.78 is 5.25. The zero-order valence-electron chi connectivity index (χ0n) is 11.5. The number of rotatable bonds is 5. The first-order chi connectivity index (χ1) is 10.2. The van der Waals surface area contributed by atoms with Gasteiger partial charge in [-0.15, -0.1) is 11.6 Å². The van der Waals surface area contributed by atoms with Crippen molar-refractivity contribution in [1.29, 1.82) is 0 Å². The molecular formula is C16H15Cl2NO2. The van der Waals surface area contributed by atoms with E-state index in [-0.39, 0.29) is 5.91 Å². The van der Waals surface area contributed by atoms with Gasteiger partial charge in [-0.05, 0) is 29.8 Å². The second kappa shape index (κ2) is 7.34. The van der Waals surface area contributed by atoms with Gasteiger partial charge in [-0.1, -0.05) is 29.8 Å². The number of hydrogen-bond acceptors (Lipinski definition) is 2. The van der Waals surface area contributed by atoms with E-state index in [0.717, 1.165) is 11.1 Å². The van der Waals surface area contributed by atoms with E-state index in [1.807, 2.05) is 18.2 Å². The van der Waals surface area contributed by atoms with Gasteiger partial charge in [0.15, 0.2) is 0 Å². The summed E-state index contributed by atoms with van der Waals surface area (Å²) in [7, 11) is 1.57. The van der Waals surface area contributed by atoms with Gasteiger partial charge in [-0.25, -0.2) is 0 Å². The number of methoxy groups -OCH3 is 1. The van der Waals surface area contributed by atoms with Gasteiger partial charge in [-0.2, -0.15) is 0 Å². The van der Waals surface area contributed by atoms with Crippen LogP contribution in [0, 0.1) is 0 Å². The number of amides is 1. The van der Waals surface area contributed by atoms with Gasteiger partial charge in [0.2, 0.25) is 0 Å². The average Bonchev–Trinajstić information content (AvgIpc) is 2.53. The molecule has 0 spiro atoms. The smallest absolute Gasteiger partial charge is 0.251 e. The molecule has 0 radical (unpaired) electrons. The molecule has 0 aliphatic heterocycles. The molecule has 5 heteroatoms. The lowest BCUT2D eigenvalue weighted by molar-refractivity contribution is 0.0950.